The molecule has 1 aliphatic heterocycles. The molecule has 0 bridgehead atoms. The molecule has 1 aromatic rings. The Morgan fingerprint density at radius 1 is 1.35 bits per heavy atom. The minimum absolute atomic E-state index is 0.310. The zero-order chi connectivity index (χ0) is 16.4. The number of aromatic amines is 1. The van der Waals surface area contributed by atoms with Crippen molar-refractivity contribution in [3.05, 3.63) is 11.8 Å². The number of H-pyrrole nitrogens is 1. The van der Waals surface area contributed by atoms with E-state index in [-0.39, 0.29) is 0 Å². The zero-order valence-electron chi connectivity index (χ0n) is 14.6. The molecule has 1 aliphatic carbocycles. The second-order valence-corrected chi connectivity index (χ2v) is 7.34. The maximum absolute atomic E-state index is 12.6. The number of nitrogens with one attached hydrogen (secondary N) is 1. The van der Waals surface area contributed by atoms with Gasteiger partial charge in [0.1, 0.15) is 0 Å². The smallest absolute Gasteiger partial charge is 0.237 e. The minimum Gasteiger partial charge on any atom is -0.353 e. The van der Waals surface area contributed by atoms with E-state index in [2.05, 4.69) is 44.8 Å². The standard InChI is InChI=1S/C17H29N5O/c1-13(2)11-22(15-4-5-15)17(23)12-20-6-8-21(9-7-20)16-10-14(3)18-19-16/h10,13,15H,4-9,11-12H2,1-3H3,(H,18,19). The number of piperazine rings is 1. The molecule has 3 rings (SSSR count). The van der Waals surface area contributed by atoms with Crippen molar-refractivity contribution < 1.29 is 4.79 Å². The van der Waals surface area contributed by atoms with Crippen LogP contribution >= 0.6 is 0 Å². The van der Waals surface area contributed by atoms with Gasteiger partial charge in [-0.2, -0.15) is 5.10 Å². The molecule has 128 valence electrons. The van der Waals surface area contributed by atoms with Gasteiger partial charge in [-0.25, -0.2) is 0 Å². The lowest BCUT2D eigenvalue weighted by Gasteiger charge is -2.35. The highest BCUT2D eigenvalue weighted by Crippen LogP contribution is 2.28. The van der Waals surface area contributed by atoms with Crippen molar-refractivity contribution in [3.8, 4) is 0 Å². The molecule has 0 aromatic carbocycles. The van der Waals surface area contributed by atoms with E-state index < -0.39 is 0 Å². The first-order valence-electron chi connectivity index (χ1n) is 8.81. The highest BCUT2D eigenvalue weighted by Gasteiger charge is 2.33. The molecule has 6 heteroatoms. The van der Waals surface area contributed by atoms with Gasteiger partial charge in [-0.05, 0) is 25.7 Å². The lowest BCUT2D eigenvalue weighted by atomic mass is 10.2. The summed E-state index contributed by atoms with van der Waals surface area (Å²) in [4.78, 5) is 19.3. The van der Waals surface area contributed by atoms with Crippen LogP contribution in [0, 0.1) is 12.8 Å². The summed E-state index contributed by atoms with van der Waals surface area (Å²) in [5, 5.41) is 7.32. The number of carbonyl (C=O) groups is 1. The van der Waals surface area contributed by atoms with E-state index in [1.54, 1.807) is 0 Å². The maximum Gasteiger partial charge on any atom is 0.237 e. The van der Waals surface area contributed by atoms with Gasteiger partial charge in [0, 0.05) is 50.5 Å². The van der Waals surface area contributed by atoms with Crippen molar-refractivity contribution in [1.29, 1.82) is 0 Å². The Morgan fingerprint density at radius 3 is 2.57 bits per heavy atom. The van der Waals surface area contributed by atoms with Gasteiger partial charge >= 0.3 is 0 Å². The van der Waals surface area contributed by atoms with Crippen molar-refractivity contribution in [2.75, 3.05) is 44.2 Å². The van der Waals surface area contributed by atoms with Crippen LogP contribution in [-0.2, 0) is 4.79 Å². The predicted octanol–water partition coefficient (Wildman–Crippen LogP) is 1.49. The summed E-state index contributed by atoms with van der Waals surface area (Å²) in [6.07, 6.45) is 2.37. The monoisotopic (exact) mass is 319 g/mol. The molecule has 0 radical (unpaired) electrons. The Kier molecular flexibility index (Phi) is 4.90. The lowest BCUT2D eigenvalue weighted by Crippen LogP contribution is -2.51. The largest absolute Gasteiger partial charge is 0.353 e. The highest BCUT2D eigenvalue weighted by atomic mass is 16.2. The molecule has 2 heterocycles. The Labute approximate surface area is 138 Å². The Morgan fingerprint density at radius 2 is 2.04 bits per heavy atom. The molecule has 1 saturated carbocycles. The van der Waals surface area contributed by atoms with Gasteiger partial charge in [-0.1, -0.05) is 13.8 Å². The van der Waals surface area contributed by atoms with Crippen molar-refractivity contribution in [2.24, 2.45) is 5.92 Å². The van der Waals surface area contributed by atoms with Crippen molar-refractivity contribution in [2.45, 2.75) is 39.7 Å². The molecule has 0 unspecified atom stereocenters. The average molecular weight is 319 g/mol. The zero-order valence-corrected chi connectivity index (χ0v) is 14.6. The molecule has 6 nitrogen and oxygen atoms in total. The van der Waals surface area contributed by atoms with Gasteiger partial charge < -0.3 is 9.80 Å². The number of nitrogens with zero attached hydrogens (tertiary/aromatic N) is 4. The van der Waals surface area contributed by atoms with E-state index in [0.717, 1.165) is 44.2 Å². The third-order valence-corrected chi connectivity index (χ3v) is 4.62. The van der Waals surface area contributed by atoms with Crippen LogP contribution in [-0.4, -0.2) is 71.2 Å². The van der Waals surface area contributed by atoms with E-state index in [9.17, 15) is 4.79 Å². The van der Waals surface area contributed by atoms with Crippen LogP contribution in [0.5, 0.6) is 0 Å². The summed E-state index contributed by atoms with van der Waals surface area (Å²) in [6, 6.07) is 2.59. The molecule has 1 N–H and O–H groups in total. The van der Waals surface area contributed by atoms with Crippen LogP contribution < -0.4 is 4.90 Å². The van der Waals surface area contributed by atoms with Gasteiger partial charge in [-0.15, -0.1) is 0 Å². The number of aromatic nitrogens is 2. The molecule has 2 fully saturated rings. The second-order valence-electron chi connectivity index (χ2n) is 7.34. The van der Waals surface area contributed by atoms with Crippen molar-refractivity contribution in [3.63, 3.8) is 0 Å². The first-order chi connectivity index (χ1) is 11.0. The highest BCUT2D eigenvalue weighted by molar-refractivity contribution is 5.79. The molecule has 1 saturated heterocycles. The third kappa shape index (κ3) is 4.25. The number of carbonyl (C=O) groups excluding carboxylic acids is 1. The van der Waals surface area contributed by atoms with Gasteiger partial charge in [0.25, 0.3) is 0 Å². The number of hydrogen-bond acceptors (Lipinski definition) is 4. The number of rotatable bonds is 6. The molecular formula is C17H29N5O. The minimum atomic E-state index is 0.310. The van der Waals surface area contributed by atoms with E-state index in [1.807, 2.05) is 6.92 Å². The van der Waals surface area contributed by atoms with Crippen LogP contribution in [0.4, 0.5) is 5.82 Å². The Balaban J connectivity index is 1.48. The van der Waals surface area contributed by atoms with Crippen LogP contribution in [0.3, 0.4) is 0 Å². The Hall–Kier alpha value is -1.56. The molecule has 0 spiro atoms. The first kappa shape index (κ1) is 16.3. The predicted molar refractivity (Wildman–Crippen MR) is 91.6 cm³/mol. The van der Waals surface area contributed by atoms with Crippen LogP contribution in [0.25, 0.3) is 0 Å². The summed E-state index contributed by atoms with van der Waals surface area (Å²) >= 11 is 0. The van der Waals surface area contributed by atoms with E-state index in [1.165, 1.54) is 12.8 Å². The molecule has 23 heavy (non-hydrogen) atoms. The van der Waals surface area contributed by atoms with E-state index in [0.29, 0.717) is 24.4 Å². The van der Waals surface area contributed by atoms with Gasteiger partial charge in [-0.3, -0.25) is 14.8 Å². The molecule has 1 amide bonds. The van der Waals surface area contributed by atoms with Crippen LogP contribution in [0.15, 0.2) is 6.07 Å². The summed E-state index contributed by atoms with van der Waals surface area (Å²) in [5.41, 5.74) is 1.09. The third-order valence-electron chi connectivity index (χ3n) is 4.62. The SMILES string of the molecule is Cc1cc(N2CCN(CC(=O)N(CC(C)C)C3CC3)CC2)n[nH]1. The second kappa shape index (κ2) is 6.91. The molecular weight excluding hydrogens is 290 g/mol. The fourth-order valence-corrected chi connectivity index (χ4v) is 3.22. The normalized spacial score (nSPS) is 19.4. The number of aryl methyl sites for hydroxylation is 1. The van der Waals surface area contributed by atoms with Crippen molar-refractivity contribution in [1.82, 2.24) is 20.0 Å². The first-order valence-corrected chi connectivity index (χ1v) is 8.81. The summed E-state index contributed by atoms with van der Waals surface area (Å²) < 4.78 is 0. The lowest BCUT2D eigenvalue weighted by molar-refractivity contribution is -0.133. The fourth-order valence-electron chi connectivity index (χ4n) is 3.22. The average Bonchev–Trinajstić information content (AvgIpc) is 3.26. The summed E-state index contributed by atoms with van der Waals surface area (Å²) in [5.74, 6) is 1.87. The summed E-state index contributed by atoms with van der Waals surface area (Å²) in [6.45, 7) is 11.6. The van der Waals surface area contributed by atoms with Gasteiger partial charge in [0.2, 0.25) is 5.91 Å². The fraction of sp³-hybridized carbons (Fsp3) is 0.765. The van der Waals surface area contributed by atoms with Gasteiger partial charge in [0.05, 0.1) is 6.54 Å². The molecule has 0 atom stereocenters. The number of amides is 1. The summed E-state index contributed by atoms with van der Waals surface area (Å²) in [7, 11) is 0. The topological polar surface area (TPSA) is 55.5 Å². The number of anilines is 1. The van der Waals surface area contributed by atoms with E-state index in [4.69, 9.17) is 0 Å². The van der Waals surface area contributed by atoms with Gasteiger partial charge in [0.15, 0.2) is 5.82 Å². The maximum atomic E-state index is 12.6. The molecule has 1 aromatic heterocycles. The molecule has 2 aliphatic rings. The quantitative estimate of drug-likeness (QED) is 0.863. The Bertz CT molecular complexity index is 529. The van der Waals surface area contributed by atoms with Crippen molar-refractivity contribution >= 4 is 11.7 Å². The van der Waals surface area contributed by atoms with Crippen LogP contribution in [0.2, 0.25) is 0 Å². The van der Waals surface area contributed by atoms with Crippen LogP contribution in [0.1, 0.15) is 32.4 Å². The van der Waals surface area contributed by atoms with E-state index >= 15 is 0 Å². The number of hydrogen-bond donors (Lipinski definition) is 1.